The van der Waals surface area contributed by atoms with Crippen LogP contribution in [0.3, 0.4) is 0 Å². The van der Waals surface area contributed by atoms with E-state index in [0.29, 0.717) is 16.9 Å². The van der Waals surface area contributed by atoms with Crippen molar-refractivity contribution in [3.05, 3.63) is 48.2 Å². The van der Waals surface area contributed by atoms with Gasteiger partial charge in [0, 0.05) is 15.8 Å². The Balaban J connectivity index is 1.62. The molecule has 120 valence electrons. The van der Waals surface area contributed by atoms with Crippen molar-refractivity contribution in [2.75, 3.05) is 10.6 Å². The Morgan fingerprint density at radius 3 is 3.04 bits per heavy atom. The van der Waals surface area contributed by atoms with Gasteiger partial charge in [-0.25, -0.2) is 0 Å². The van der Waals surface area contributed by atoms with Crippen LogP contribution >= 0.6 is 11.8 Å². The summed E-state index contributed by atoms with van der Waals surface area (Å²) in [6, 6.07) is 10.9. The van der Waals surface area contributed by atoms with Crippen LogP contribution in [0.5, 0.6) is 0 Å². The maximum atomic E-state index is 12.5. The lowest BCUT2D eigenvalue weighted by molar-refractivity contribution is -0.115. The van der Waals surface area contributed by atoms with Gasteiger partial charge in [0.25, 0.3) is 5.91 Å². The summed E-state index contributed by atoms with van der Waals surface area (Å²) in [4.78, 5) is 25.3. The number of carbonyl (C=O) groups excluding carboxylic acids is 2. The summed E-state index contributed by atoms with van der Waals surface area (Å²) >= 11 is 1.49. The zero-order valence-electron chi connectivity index (χ0n) is 12.8. The number of hydrogen-bond donors (Lipinski definition) is 3. The number of nitrogens with one attached hydrogen (secondary N) is 3. The number of H-pyrrole nitrogens is 1. The monoisotopic (exact) mass is 338 g/mol. The van der Waals surface area contributed by atoms with Crippen molar-refractivity contribution >= 4 is 45.9 Å². The number of amides is 2. The Hall–Kier alpha value is -2.80. The smallest absolute Gasteiger partial charge is 0.255 e. The summed E-state index contributed by atoms with van der Waals surface area (Å²) in [5, 5.41) is 13.4. The molecule has 0 spiro atoms. The van der Waals surface area contributed by atoms with Gasteiger partial charge in [-0.1, -0.05) is 12.1 Å². The molecule has 1 aliphatic rings. The predicted octanol–water partition coefficient (Wildman–Crippen LogP) is 3.25. The first-order valence-corrected chi connectivity index (χ1v) is 8.35. The van der Waals surface area contributed by atoms with Gasteiger partial charge in [0.15, 0.2) is 0 Å². The second-order valence-corrected chi connectivity index (χ2v) is 6.94. The fraction of sp³-hybridized carbons (Fsp3) is 0.118. The van der Waals surface area contributed by atoms with Crippen LogP contribution in [0.2, 0.25) is 0 Å². The highest BCUT2D eigenvalue weighted by atomic mass is 32.2. The molecule has 7 heteroatoms. The Kier molecular flexibility index (Phi) is 3.50. The third-order valence-electron chi connectivity index (χ3n) is 3.90. The van der Waals surface area contributed by atoms with Crippen LogP contribution < -0.4 is 10.6 Å². The van der Waals surface area contributed by atoms with Gasteiger partial charge in [-0.05, 0) is 31.2 Å². The summed E-state index contributed by atoms with van der Waals surface area (Å²) in [5.41, 5.74) is 2.61. The van der Waals surface area contributed by atoms with Crippen LogP contribution in [0.15, 0.2) is 47.5 Å². The molecule has 1 aliphatic heterocycles. The molecule has 0 radical (unpaired) electrons. The average molecular weight is 338 g/mol. The van der Waals surface area contributed by atoms with E-state index in [1.807, 2.05) is 31.2 Å². The molecule has 3 aromatic rings. The first-order valence-electron chi connectivity index (χ1n) is 7.47. The average Bonchev–Trinajstić information content (AvgIpc) is 3.05. The van der Waals surface area contributed by atoms with Gasteiger partial charge in [-0.15, -0.1) is 11.8 Å². The maximum absolute atomic E-state index is 12.5. The number of rotatable bonds is 2. The fourth-order valence-corrected chi connectivity index (χ4v) is 3.55. The molecule has 1 aromatic heterocycles. The Bertz CT molecular complexity index is 966. The minimum Gasteiger partial charge on any atom is -0.324 e. The van der Waals surface area contributed by atoms with E-state index in [9.17, 15) is 9.59 Å². The van der Waals surface area contributed by atoms with Crippen molar-refractivity contribution < 1.29 is 9.59 Å². The molecule has 0 saturated carbocycles. The first kappa shape index (κ1) is 14.8. The van der Waals surface area contributed by atoms with Crippen LogP contribution in [0.1, 0.15) is 17.3 Å². The second kappa shape index (κ2) is 5.68. The van der Waals surface area contributed by atoms with E-state index in [4.69, 9.17) is 0 Å². The maximum Gasteiger partial charge on any atom is 0.255 e. The molecule has 0 fully saturated rings. The normalized spacial score (nSPS) is 16.5. The minimum absolute atomic E-state index is 0.0488. The standard InChI is InChI=1S/C17H14N4O2S/c1-9-16(22)20-13-7-10(5-6-14(13)24-9)17(23)19-12-4-2-3-11-8-18-21-15(11)12/h2-9H,1H3,(H,18,21)(H,19,23)(H,20,22). The third-order valence-corrected chi connectivity index (χ3v) is 5.08. The quantitative estimate of drug-likeness (QED) is 0.669. The highest BCUT2D eigenvalue weighted by molar-refractivity contribution is 8.00. The van der Waals surface area contributed by atoms with Gasteiger partial charge in [-0.3, -0.25) is 14.7 Å². The zero-order valence-corrected chi connectivity index (χ0v) is 13.6. The highest BCUT2D eigenvalue weighted by Gasteiger charge is 2.23. The number of aromatic amines is 1. The van der Waals surface area contributed by atoms with E-state index < -0.39 is 0 Å². The van der Waals surface area contributed by atoms with Crippen molar-refractivity contribution in [2.24, 2.45) is 0 Å². The summed E-state index contributed by atoms with van der Waals surface area (Å²) in [7, 11) is 0. The molecular formula is C17H14N4O2S. The largest absolute Gasteiger partial charge is 0.324 e. The first-order chi connectivity index (χ1) is 11.6. The van der Waals surface area contributed by atoms with E-state index in [1.165, 1.54) is 11.8 Å². The Morgan fingerprint density at radius 2 is 2.17 bits per heavy atom. The molecule has 6 nitrogen and oxygen atoms in total. The van der Waals surface area contributed by atoms with Gasteiger partial charge in [0.05, 0.1) is 28.3 Å². The van der Waals surface area contributed by atoms with Crippen molar-refractivity contribution in [3.8, 4) is 0 Å². The molecule has 1 unspecified atom stereocenters. The van der Waals surface area contributed by atoms with Crippen LogP contribution in [-0.4, -0.2) is 27.3 Å². The summed E-state index contributed by atoms with van der Waals surface area (Å²) in [6.45, 7) is 1.86. The van der Waals surface area contributed by atoms with Crippen molar-refractivity contribution in [3.63, 3.8) is 0 Å². The van der Waals surface area contributed by atoms with Crippen LogP contribution in [0, 0.1) is 0 Å². The molecule has 24 heavy (non-hydrogen) atoms. The van der Waals surface area contributed by atoms with Crippen LogP contribution in [0.4, 0.5) is 11.4 Å². The molecule has 4 rings (SSSR count). The molecule has 0 aliphatic carbocycles. The number of carbonyl (C=O) groups is 2. The molecule has 3 N–H and O–H groups in total. The lowest BCUT2D eigenvalue weighted by Gasteiger charge is -2.21. The molecule has 2 aromatic carbocycles. The number of nitrogens with zero attached hydrogens (tertiary/aromatic N) is 1. The van der Waals surface area contributed by atoms with Crippen LogP contribution in [0.25, 0.3) is 10.9 Å². The Morgan fingerprint density at radius 1 is 1.29 bits per heavy atom. The molecule has 0 bridgehead atoms. The van der Waals surface area contributed by atoms with Gasteiger partial charge < -0.3 is 10.6 Å². The topological polar surface area (TPSA) is 86.9 Å². The van der Waals surface area contributed by atoms with E-state index in [1.54, 1.807) is 18.3 Å². The van der Waals surface area contributed by atoms with E-state index in [2.05, 4.69) is 20.8 Å². The highest BCUT2D eigenvalue weighted by Crippen LogP contribution is 2.36. The molecular weight excluding hydrogens is 324 g/mol. The number of fused-ring (bicyclic) bond motifs is 2. The minimum atomic E-state index is -0.238. The van der Waals surface area contributed by atoms with Gasteiger partial charge in [-0.2, -0.15) is 5.10 Å². The molecule has 2 amide bonds. The van der Waals surface area contributed by atoms with E-state index >= 15 is 0 Å². The van der Waals surface area contributed by atoms with Crippen LogP contribution in [-0.2, 0) is 4.79 Å². The van der Waals surface area contributed by atoms with Crippen molar-refractivity contribution in [2.45, 2.75) is 17.1 Å². The summed E-state index contributed by atoms with van der Waals surface area (Å²) < 4.78 is 0. The number of para-hydroxylation sites is 1. The van der Waals surface area contributed by atoms with Gasteiger partial charge in [0.1, 0.15) is 0 Å². The van der Waals surface area contributed by atoms with E-state index in [0.717, 1.165) is 15.8 Å². The molecule has 2 heterocycles. The Labute approximate surface area is 142 Å². The lowest BCUT2D eigenvalue weighted by atomic mass is 10.1. The zero-order chi connectivity index (χ0) is 16.7. The SMILES string of the molecule is CC1Sc2ccc(C(=O)Nc3cccc4cn[nH]c34)cc2NC1=O. The van der Waals surface area contributed by atoms with Crippen molar-refractivity contribution in [1.29, 1.82) is 0 Å². The van der Waals surface area contributed by atoms with Crippen molar-refractivity contribution in [1.82, 2.24) is 10.2 Å². The van der Waals surface area contributed by atoms with Gasteiger partial charge >= 0.3 is 0 Å². The lowest BCUT2D eigenvalue weighted by Crippen LogP contribution is -2.26. The predicted molar refractivity (Wildman–Crippen MR) is 94.4 cm³/mol. The number of hydrogen-bond acceptors (Lipinski definition) is 4. The number of anilines is 2. The summed E-state index contributed by atoms with van der Waals surface area (Å²) in [5.74, 6) is -0.287. The number of thioether (sulfide) groups is 1. The number of aromatic nitrogens is 2. The number of benzene rings is 2. The molecule has 0 saturated heterocycles. The fourth-order valence-electron chi connectivity index (χ4n) is 2.62. The summed E-state index contributed by atoms with van der Waals surface area (Å²) in [6.07, 6.45) is 1.71. The molecule has 1 atom stereocenters. The second-order valence-electron chi connectivity index (χ2n) is 5.55. The van der Waals surface area contributed by atoms with E-state index in [-0.39, 0.29) is 17.1 Å². The third kappa shape index (κ3) is 2.52. The van der Waals surface area contributed by atoms with Gasteiger partial charge in [0.2, 0.25) is 5.91 Å².